The molecule has 0 fully saturated rings. The maximum absolute atomic E-state index is 5.88. The van der Waals surface area contributed by atoms with Gasteiger partial charge in [-0.25, -0.2) is 9.97 Å². The Morgan fingerprint density at radius 3 is 3.11 bits per heavy atom. The van der Waals surface area contributed by atoms with Crippen LogP contribution in [0.1, 0.15) is 5.69 Å². The fraction of sp³-hybridized carbons (Fsp3) is 0.200. The summed E-state index contributed by atoms with van der Waals surface area (Å²) in [6.07, 6.45) is 1.88. The van der Waals surface area contributed by atoms with E-state index in [0.717, 1.165) is 15.9 Å². The number of aryl methyl sites for hydroxylation is 1. The van der Waals surface area contributed by atoms with Crippen LogP contribution in [0, 0.1) is 0 Å². The van der Waals surface area contributed by atoms with Crippen molar-refractivity contribution in [2.24, 2.45) is 7.05 Å². The van der Waals surface area contributed by atoms with E-state index in [4.69, 9.17) is 5.73 Å². The molecule has 3 aromatic heterocycles. The van der Waals surface area contributed by atoms with Crippen LogP contribution < -0.4 is 5.73 Å². The molecule has 0 radical (unpaired) electrons. The number of nitrogens with two attached hydrogens (primary N) is 1. The Balaban J connectivity index is 1.82. The second kappa shape index (κ2) is 4.54. The summed E-state index contributed by atoms with van der Waals surface area (Å²) >= 11 is 3.07. The maximum atomic E-state index is 5.88. The van der Waals surface area contributed by atoms with E-state index >= 15 is 0 Å². The number of thioether (sulfide) groups is 1. The van der Waals surface area contributed by atoms with Crippen LogP contribution in [-0.4, -0.2) is 25.0 Å². The first-order chi connectivity index (χ1) is 8.72. The van der Waals surface area contributed by atoms with E-state index < -0.39 is 0 Å². The molecule has 0 aliphatic carbocycles. The van der Waals surface area contributed by atoms with Gasteiger partial charge in [-0.1, -0.05) is 17.0 Å². The highest BCUT2D eigenvalue weighted by molar-refractivity contribution is 7.98. The molecule has 6 nitrogen and oxygen atoms in total. The molecule has 0 atom stereocenters. The number of fused-ring (bicyclic) bond motifs is 1. The lowest BCUT2D eigenvalue weighted by molar-refractivity contribution is 0.714. The fourth-order valence-corrected chi connectivity index (χ4v) is 3.08. The summed E-state index contributed by atoms with van der Waals surface area (Å²) in [6, 6.07) is 1.94. The standard InChI is InChI=1S/C10H10N6S2/c1-16-4-6(14-15-16)5-18-10-12-8(11)7-2-3-17-9(7)13-10/h2-4H,5H2,1H3,(H2,11,12,13). The second-order valence-electron chi connectivity index (χ2n) is 3.70. The molecule has 0 spiro atoms. The van der Waals surface area contributed by atoms with Gasteiger partial charge in [0.2, 0.25) is 0 Å². The first kappa shape index (κ1) is 11.4. The normalized spacial score (nSPS) is 11.2. The number of hydrogen-bond donors (Lipinski definition) is 1. The fourth-order valence-electron chi connectivity index (χ4n) is 1.52. The van der Waals surface area contributed by atoms with Gasteiger partial charge in [0.1, 0.15) is 10.6 Å². The minimum Gasteiger partial charge on any atom is -0.383 e. The minimum atomic E-state index is 0.530. The first-order valence-electron chi connectivity index (χ1n) is 5.21. The number of thiophene rings is 1. The average Bonchev–Trinajstić information content (AvgIpc) is 2.95. The van der Waals surface area contributed by atoms with E-state index in [1.54, 1.807) is 16.0 Å². The summed E-state index contributed by atoms with van der Waals surface area (Å²) in [5.74, 6) is 1.22. The molecule has 0 aromatic carbocycles. The lowest BCUT2D eigenvalue weighted by atomic mass is 10.4. The van der Waals surface area contributed by atoms with Gasteiger partial charge < -0.3 is 5.73 Å². The third-order valence-corrected chi connectivity index (χ3v) is 4.02. The molecule has 0 amide bonds. The quantitative estimate of drug-likeness (QED) is 0.580. The molecule has 3 heterocycles. The van der Waals surface area contributed by atoms with Gasteiger partial charge in [0.05, 0.1) is 11.1 Å². The van der Waals surface area contributed by atoms with Crippen molar-refractivity contribution in [2.75, 3.05) is 5.73 Å². The molecule has 18 heavy (non-hydrogen) atoms. The molecule has 0 aliphatic heterocycles. The van der Waals surface area contributed by atoms with Crippen molar-refractivity contribution in [1.82, 2.24) is 25.0 Å². The highest BCUT2D eigenvalue weighted by Crippen LogP contribution is 2.27. The zero-order valence-corrected chi connectivity index (χ0v) is 11.2. The topological polar surface area (TPSA) is 82.5 Å². The summed E-state index contributed by atoms with van der Waals surface area (Å²) in [5, 5.41) is 11.5. The van der Waals surface area contributed by atoms with Crippen LogP contribution in [0.2, 0.25) is 0 Å². The Bertz CT molecular complexity index is 689. The van der Waals surface area contributed by atoms with Gasteiger partial charge in [0.15, 0.2) is 5.16 Å². The molecule has 0 unspecified atom stereocenters. The summed E-state index contributed by atoms with van der Waals surface area (Å²) in [7, 11) is 1.84. The zero-order chi connectivity index (χ0) is 12.5. The molecule has 3 rings (SSSR count). The summed E-state index contributed by atoms with van der Waals surface area (Å²) < 4.78 is 1.67. The molecule has 92 valence electrons. The Labute approximate surface area is 111 Å². The third-order valence-electron chi connectivity index (χ3n) is 2.33. The van der Waals surface area contributed by atoms with Crippen molar-refractivity contribution in [3.63, 3.8) is 0 Å². The van der Waals surface area contributed by atoms with E-state index in [9.17, 15) is 0 Å². The molecular formula is C10H10N6S2. The summed E-state index contributed by atoms with van der Waals surface area (Å²) in [6.45, 7) is 0. The molecule has 3 aromatic rings. The second-order valence-corrected chi connectivity index (χ2v) is 5.54. The number of anilines is 1. The van der Waals surface area contributed by atoms with Crippen molar-refractivity contribution >= 4 is 39.1 Å². The van der Waals surface area contributed by atoms with E-state index in [-0.39, 0.29) is 0 Å². The zero-order valence-electron chi connectivity index (χ0n) is 9.57. The van der Waals surface area contributed by atoms with E-state index in [0.29, 0.717) is 16.7 Å². The van der Waals surface area contributed by atoms with Gasteiger partial charge in [-0.05, 0) is 11.4 Å². The highest BCUT2D eigenvalue weighted by atomic mass is 32.2. The largest absolute Gasteiger partial charge is 0.383 e. The Morgan fingerprint density at radius 2 is 2.33 bits per heavy atom. The van der Waals surface area contributed by atoms with Gasteiger partial charge >= 0.3 is 0 Å². The van der Waals surface area contributed by atoms with Crippen LogP contribution in [0.4, 0.5) is 5.82 Å². The third kappa shape index (κ3) is 2.16. The van der Waals surface area contributed by atoms with E-state index in [1.165, 1.54) is 11.8 Å². The number of aromatic nitrogens is 5. The molecule has 0 bridgehead atoms. The average molecular weight is 278 g/mol. The van der Waals surface area contributed by atoms with Crippen molar-refractivity contribution in [3.05, 3.63) is 23.3 Å². The van der Waals surface area contributed by atoms with Crippen LogP contribution >= 0.6 is 23.1 Å². The summed E-state index contributed by atoms with van der Waals surface area (Å²) in [4.78, 5) is 9.65. The molecular weight excluding hydrogens is 268 g/mol. The lowest BCUT2D eigenvalue weighted by Crippen LogP contribution is -1.95. The lowest BCUT2D eigenvalue weighted by Gasteiger charge is -2.00. The van der Waals surface area contributed by atoms with Crippen LogP contribution in [0.15, 0.2) is 22.8 Å². The Hall–Kier alpha value is -1.67. The Kier molecular flexibility index (Phi) is 2.88. The number of hydrogen-bond acceptors (Lipinski definition) is 7. The molecule has 0 aliphatic rings. The van der Waals surface area contributed by atoms with Crippen LogP contribution in [0.25, 0.3) is 10.2 Å². The van der Waals surface area contributed by atoms with Gasteiger partial charge in [0, 0.05) is 19.0 Å². The van der Waals surface area contributed by atoms with Gasteiger partial charge in [-0.15, -0.1) is 16.4 Å². The SMILES string of the molecule is Cn1cc(CSc2nc(N)c3ccsc3n2)nn1. The van der Waals surface area contributed by atoms with Crippen molar-refractivity contribution < 1.29 is 0 Å². The van der Waals surface area contributed by atoms with Gasteiger partial charge in [-0.2, -0.15) is 0 Å². The smallest absolute Gasteiger partial charge is 0.191 e. The predicted molar refractivity (Wildman–Crippen MR) is 72.4 cm³/mol. The number of nitrogen functional groups attached to an aromatic ring is 1. The van der Waals surface area contributed by atoms with Crippen molar-refractivity contribution in [1.29, 1.82) is 0 Å². The summed E-state index contributed by atoms with van der Waals surface area (Å²) in [5.41, 5.74) is 6.78. The van der Waals surface area contributed by atoms with E-state index in [2.05, 4.69) is 20.3 Å². The number of nitrogens with zero attached hydrogens (tertiary/aromatic N) is 5. The Morgan fingerprint density at radius 1 is 1.44 bits per heavy atom. The van der Waals surface area contributed by atoms with Crippen LogP contribution in [0.3, 0.4) is 0 Å². The van der Waals surface area contributed by atoms with E-state index in [1.807, 2.05) is 24.7 Å². The van der Waals surface area contributed by atoms with Crippen molar-refractivity contribution in [3.8, 4) is 0 Å². The molecule has 0 saturated heterocycles. The number of rotatable bonds is 3. The molecule has 8 heteroatoms. The monoisotopic (exact) mass is 278 g/mol. The molecule has 2 N–H and O–H groups in total. The van der Waals surface area contributed by atoms with Crippen molar-refractivity contribution in [2.45, 2.75) is 10.9 Å². The predicted octanol–water partition coefficient (Wildman–Crippen LogP) is 1.69. The van der Waals surface area contributed by atoms with Crippen LogP contribution in [0.5, 0.6) is 0 Å². The minimum absolute atomic E-state index is 0.530. The van der Waals surface area contributed by atoms with Crippen LogP contribution in [-0.2, 0) is 12.8 Å². The van der Waals surface area contributed by atoms with Gasteiger partial charge in [-0.3, -0.25) is 4.68 Å². The highest BCUT2D eigenvalue weighted by Gasteiger charge is 2.08. The first-order valence-corrected chi connectivity index (χ1v) is 7.07. The molecule has 0 saturated carbocycles. The maximum Gasteiger partial charge on any atom is 0.191 e. The van der Waals surface area contributed by atoms with Gasteiger partial charge in [0.25, 0.3) is 0 Å².